The Kier molecular flexibility index (Phi) is 40.7. The maximum atomic E-state index is 13.1. The summed E-state index contributed by atoms with van der Waals surface area (Å²) in [5, 5.41) is 22.7. The summed E-state index contributed by atoms with van der Waals surface area (Å²) in [5.74, 6) is -0.804. The Hall–Kier alpha value is -1.66. The first-order valence-corrected chi connectivity index (χ1v) is 24.1. The lowest BCUT2D eigenvalue weighted by molar-refractivity contribution is -0.139. The van der Waals surface area contributed by atoms with E-state index in [0.29, 0.717) is 13.0 Å². The largest absolute Gasteiger partial charge is 0.478 e. The van der Waals surface area contributed by atoms with Crippen molar-refractivity contribution in [2.75, 3.05) is 26.3 Å². The van der Waals surface area contributed by atoms with Gasteiger partial charge in [0.25, 0.3) is 0 Å². The zero-order valence-corrected chi connectivity index (χ0v) is 37.2. The number of carbonyl (C=O) groups is 2. The second-order valence-electron chi connectivity index (χ2n) is 16.4. The van der Waals surface area contributed by atoms with Gasteiger partial charge < -0.3 is 20.3 Å². The van der Waals surface area contributed by atoms with Crippen LogP contribution in [0.5, 0.6) is 0 Å². The van der Waals surface area contributed by atoms with E-state index < -0.39 is 5.97 Å². The van der Waals surface area contributed by atoms with Crippen LogP contribution in [-0.2, 0) is 14.3 Å². The Labute approximate surface area is 341 Å². The van der Waals surface area contributed by atoms with Gasteiger partial charge in [-0.3, -0.25) is 0 Å². The lowest BCUT2D eigenvalue weighted by Gasteiger charge is -2.16. The third kappa shape index (κ3) is 33.1. The van der Waals surface area contributed by atoms with E-state index in [4.69, 9.17) is 9.84 Å². The molecule has 0 saturated carbocycles. The molecule has 3 N–H and O–H groups in total. The van der Waals surface area contributed by atoms with E-state index in [-0.39, 0.29) is 12.6 Å². The minimum atomic E-state index is -0.672. The Morgan fingerprint density at radius 3 is 1.18 bits per heavy atom. The van der Waals surface area contributed by atoms with Crippen LogP contribution in [-0.4, -0.2) is 48.5 Å². The highest BCUT2D eigenvalue weighted by Gasteiger charge is 2.17. The van der Waals surface area contributed by atoms with E-state index in [0.717, 1.165) is 121 Å². The van der Waals surface area contributed by atoms with E-state index in [1.807, 2.05) is 0 Å². The molecule has 6 nitrogen and oxygen atoms in total. The molecule has 0 aromatic heterocycles. The Morgan fingerprint density at radius 1 is 0.418 bits per heavy atom. The highest BCUT2D eigenvalue weighted by atomic mass is 16.5. The first-order valence-electron chi connectivity index (χ1n) is 24.1. The van der Waals surface area contributed by atoms with Crippen molar-refractivity contribution in [3.63, 3.8) is 0 Å². The lowest BCUT2D eigenvalue weighted by atomic mass is 9.93. The van der Waals surface area contributed by atoms with Crippen LogP contribution in [0.25, 0.3) is 0 Å². The van der Waals surface area contributed by atoms with Crippen molar-refractivity contribution in [1.29, 1.82) is 0 Å². The number of aliphatic hydroxyl groups is 1. The molecular formula is C49H93NO5. The van der Waals surface area contributed by atoms with Gasteiger partial charge in [0, 0.05) is 24.2 Å². The first kappa shape index (κ1) is 53.3. The number of allylic oxidation sites excluding steroid dienone is 2. The number of aliphatic carboxylic acids is 1. The zero-order chi connectivity index (χ0) is 40.5. The molecule has 6 heteroatoms. The van der Waals surface area contributed by atoms with Crippen molar-refractivity contribution in [3.05, 3.63) is 22.3 Å². The fourth-order valence-electron chi connectivity index (χ4n) is 7.69. The van der Waals surface area contributed by atoms with Crippen molar-refractivity contribution in [2.24, 2.45) is 0 Å². The monoisotopic (exact) mass is 776 g/mol. The molecule has 0 spiro atoms. The second-order valence-corrected chi connectivity index (χ2v) is 16.4. The number of esters is 1. The SMILES string of the molecule is CCCCCC/C(CCCC)=C(/CCCCCCCCCCNCCCCCCCCCC/C(C(=O)OCCCO)=C(\CCCC)CCCCCC)C(=O)O. The van der Waals surface area contributed by atoms with E-state index in [2.05, 4.69) is 33.0 Å². The number of ether oxygens (including phenoxy) is 1. The number of aliphatic hydroxyl groups excluding tert-OH is 1. The number of carboxylic acids is 1. The van der Waals surface area contributed by atoms with E-state index in [9.17, 15) is 14.7 Å². The average molecular weight is 776 g/mol. The van der Waals surface area contributed by atoms with E-state index in [1.165, 1.54) is 133 Å². The first-order chi connectivity index (χ1) is 27.0. The van der Waals surface area contributed by atoms with Gasteiger partial charge in [0.15, 0.2) is 0 Å². The van der Waals surface area contributed by atoms with Crippen LogP contribution in [0, 0.1) is 0 Å². The van der Waals surface area contributed by atoms with Crippen molar-refractivity contribution < 1.29 is 24.5 Å². The van der Waals surface area contributed by atoms with Gasteiger partial charge >= 0.3 is 11.9 Å². The molecule has 0 heterocycles. The predicted octanol–water partition coefficient (Wildman–Crippen LogP) is 14.5. The van der Waals surface area contributed by atoms with Crippen LogP contribution in [0.1, 0.15) is 252 Å². The topological polar surface area (TPSA) is 95.9 Å². The van der Waals surface area contributed by atoms with Gasteiger partial charge in [-0.2, -0.15) is 0 Å². The Morgan fingerprint density at radius 2 is 0.764 bits per heavy atom. The van der Waals surface area contributed by atoms with Crippen LogP contribution in [0.4, 0.5) is 0 Å². The number of hydrogen-bond donors (Lipinski definition) is 3. The maximum absolute atomic E-state index is 13.1. The molecule has 0 bridgehead atoms. The number of rotatable bonds is 43. The van der Waals surface area contributed by atoms with Gasteiger partial charge in [-0.15, -0.1) is 0 Å². The van der Waals surface area contributed by atoms with Gasteiger partial charge in [0.1, 0.15) is 0 Å². The van der Waals surface area contributed by atoms with Crippen molar-refractivity contribution in [2.45, 2.75) is 252 Å². The number of carbonyl (C=O) groups excluding carboxylic acids is 1. The minimum absolute atomic E-state index is 0.0594. The highest BCUT2D eigenvalue weighted by Crippen LogP contribution is 2.27. The van der Waals surface area contributed by atoms with Crippen LogP contribution in [0.3, 0.4) is 0 Å². The molecule has 55 heavy (non-hydrogen) atoms. The molecule has 0 aromatic rings. The molecule has 0 aromatic carbocycles. The molecule has 0 radical (unpaired) electrons. The predicted molar refractivity (Wildman–Crippen MR) is 237 cm³/mol. The summed E-state index contributed by atoms with van der Waals surface area (Å²) in [6.07, 6.45) is 40.1. The molecule has 0 fully saturated rings. The van der Waals surface area contributed by atoms with E-state index >= 15 is 0 Å². The molecule has 0 aliphatic rings. The number of carboxylic acid groups (broad SMARTS) is 1. The van der Waals surface area contributed by atoms with Gasteiger partial charge in [0.2, 0.25) is 0 Å². The van der Waals surface area contributed by atoms with Gasteiger partial charge in [-0.1, -0.05) is 167 Å². The summed E-state index contributed by atoms with van der Waals surface area (Å²) in [6.45, 7) is 11.5. The summed E-state index contributed by atoms with van der Waals surface area (Å²) in [6, 6.07) is 0. The summed E-state index contributed by atoms with van der Waals surface area (Å²) in [4.78, 5) is 25.1. The normalized spacial score (nSPS) is 12.5. The lowest BCUT2D eigenvalue weighted by Crippen LogP contribution is -2.16. The Balaban J connectivity index is 4.05. The number of nitrogens with one attached hydrogen (secondary N) is 1. The molecule has 0 aliphatic heterocycles. The second kappa shape index (κ2) is 42.0. The summed E-state index contributed by atoms with van der Waals surface area (Å²) in [7, 11) is 0. The minimum Gasteiger partial charge on any atom is -0.478 e. The van der Waals surface area contributed by atoms with Crippen LogP contribution >= 0.6 is 0 Å². The molecule has 0 atom stereocenters. The molecule has 0 unspecified atom stereocenters. The summed E-state index contributed by atoms with van der Waals surface area (Å²) < 4.78 is 5.59. The third-order valence-electron chi connectivity index (χ3n) is 11.3. The smallest absolute Gasteiger partial charge is 0.333 e. The van der Waals surface area contributed by atoms with Gasteiger partial charge in [-0.25, -0.2) is 9.59 Å². The average Bonchev–Trinajstić information content (AvgIpc) is 3.18. The fraction of sp³-hybridized carbons (Fsp3) is 0.878. The van der Waals surface area contributed by atoms with Gasteiger partial charge in [0.05, 0.1) is 6.61 Å². The third-order valence-corrected chi connectivity index (χ3v) is 11.3. The standard InChI is InChI=1S/C49H93NO5/c1-5-9-13-27-36-44(34-11-7-3)46(48(52)53)38-29-23-19-15-17-21-25-31-40-50-41-32-26-22-18-16-20-24-30-39-47(49(54)55-43-33-42-51)45(35-12-8-4)37-28-14-10-6-2/h50-51H,5-43H2,1-4H3,(H,52,53)/b46-44-,47-45-. The molecule has 0 amide bonds. The molecule has 0 saturated heterocycles. The van der Waals surface area contributed by atoms with Crippen molar-refractivity contribution >= 4 is 11.9 Å². The quantitative estimate of drug-likeness (QED) is 0.0324. The number of hydrogen-bond acceptors (Lipinski definition) is 5. The van der Waals surface area contributed by atoms with Crippen molar-refractivity contribution in [3.8, 4) is 0 Å². The summed E-state index contributed by atoms with van der Waals surface area (Å²) >= 11 is 0. The maximum Gasteiger partial charge on any atom is 0.333 e. The van der Waals surface area contributed by atoms with Crippen molar-refractivity contribution in [1.82, 2.24) is 5.32 Å². The van der Waals surface area contributed by atoms with Gasteiger partial charge in [-0.05, 0) is 103 Å². The highest BCUT2D eigenvalue weighted by molar-refractivity contribution is 5.89. The van der Waals surface area contributed by atoms with Crippen LogP contribution < -0.4 is 5.32 Å². The fourth-order valence-corrected chi connectivity index (χ4v) is 7.69. The molecular weight excluding hydrogens is 683 g/mol. The van der Waals surface area contributed by atoms with Crippen LogP contribution in [0.2, 0.25) is 0 Å². The zero-order valence-electron chi connectivity index (χ0n) is 37.2. The van der Waals surface area contributed by atoms with Crippen LogP contribution in [0.15, 0.2) is 22.3 Å². The molecule has 0 rings (SSSR count). The summed E-state index contributed by atoms with van der Waals surface area (Å²) in [5.41, 5.74) is 4.25. The molecule has 324 valence electrons. The Bertz CT molecular complexity index is 942. The number of unbranched alkanes of at least 4 members (excludes halogenated alkanes) is 22. The van der Waals surface area contributed by atoms with E-state index in [1.54, 1.807) is 0 Å². The molecule has 0 aliphatic carbocycles.